The van der Waals surface area contributed by atoms with Gasteiger partial charge in [0.25, 0.3) is 8.32 Å². The fourth-order valence-electron chi connectivity index (χ4n) is 6.39. The largest absolute Gasteiger partial charge is 0.497 e. The van der Waals surface area contributed by atoms with Gasteiger partial charge in [0.15, 0.2) is 0 Å². The fraction of sp³-hybridized carbons (Fsp3) is 0.447. The Morgan fingerprint density at radius 2 is 1.51 bits per heavy atom. The van der Waals surface area contributed by atoms with E-state index < -0.39 is 13.9 Å². The average molecular weight is 630 g/mol. The molecule has 0 bridgehead atoms. The Kier molecular flexibility index (Phi) is 11.3. The molecule has 1 amide bonds. The number of rotatable bonds is 12. The number of benzene rings is 3. The average Bonchev–Trinajstić information content (AvgIpc) is 3.43. The molecule has 1 aliphatic rings. The topological polar surface area (TPSA) is 57.2 Å². The third-order valence-corrected chi connectivity index (χ3v) is 13.6. The highest BCUT2D eigenvalue weighted by Gasteiger charge is 2.53. The van der Waals surface area contributed by atoms with Crippen LogP contribution in [0.15, 0.2) is 97.6 Å². The van der Waals surface area contributed by atoms with Gasteiger partial charge in [-0.05, 0) is 72.6 Å². The van der Waals surface area contributed by atoms with Gasteiger partial charge in [-0.3, -0.25) is 0 Å². The Balaban J connectivity index is 1.59. The molecule has 0 saturated carbocycles. The molecule has 0 aliphatic carbocycles. The Morgan fingerprint density at radius 3 is 2.00 bits per heavy atom. The Labute approximate surface area is 271 Å². The number of carbonyl (C=O) groups excluding carboxylic acids is 1. The van der Waals surface area contributed by atoms with Crippen LogP contribution in [0.25, 0.3) is 0 Å². The summed E-state index contributed by atoms with van der Waals surface area (Å²) in [5.74, 6) is 0.838. The summed E-state index contributed by atoms with van der Waals surface area (Å²) in [4.78, 5) is 15.6. The normalized spacial score (nSPS) is 18.0. The molecule has 242 valence electrons. The van der Waals surface area contributed by atoms with Gasteiger partial charge in [0, 0.05) is 19.2 Å². The molecule has 7 heteroatoms. The summed E-state index contributed by atoms with van der Waals surface area (Å²) >= 11 is 0. The zero-order valence-corrected chi connectivity index (χ0v) is 29.1. The minimum atomic E-state index is -2.81. The molecule has 0 aromatic heterocycles. The van der Waals surface area contributed by atoms with Crippen molar-refractivity contribution in [1.82, 2.24) is 4.90 Å². The standard InChI is InChI=1S/C38H51NO5Si/c1-9-30(24-25-42-28-29-20-22-31(41-8)23-21-29)35-26-32(27-39(35)36(40)43-37(2,3)4)44-45(38(5,6)7,33-16-12-10-13-17-33)34-18-14-11-15-19-34/h9-23,30,32,35H,1,24-28H2,2-8H3/t30?,32-,35-/m1/s1. The molecular formula is C38H51NO5Si. The van der Waals surface area contributed by atoms with Crippen LogP contribution in [0.5, 0.6) is 5.75 Å². The summed E-state index contributed by atoms with van der Waals surface area (Å²) in [6.07, 6.45) is 2.90. The van der Waals surface area contributed by atoms with Crippen molar-refractivity contribution in [2.45, 2.75) is 83.8 Å². The molecule has 1 aliphatic heterocycles. The maximum atomic E-state index is 13.7. The maximum Gasteiger partial charge on any atom is 0.410 e. The highest BCUT2D eigenvalue weighted by atomic mass is 28.4. The van der Waals surface area contributed by atoms with Crippen molar-refractivity contribution in [2.24, 2.45) is 5.92 Å². The molecule has 0 radical (unpaired) electrons. The summed E-state index contributed by atoms with van der Waals surface area (Å²) < 4.78 is 24.8. The van der Waals surface area contributed by atoms with E-state index in [1.54, 1.807) is 7.11 Å². The number of amides is 1. The quantitative estimate of drug-likeness (QED) is 0.119. The molecule has 3 atom stereocenters. The molecule has 0 spiro atoms. The van der Waals surface area contributed by atoms with Crippen LogP contribution in [0.2, 0.25) is 5.04 Å². The predicted octanol–water partition coefficient (Wildman–Crippen LogP) is 7.36. The second-order valence-electron chi connectivity index (χ2n) is 13.9. The molecule has 3 aromatic carbocycles. The SMILES string of the molecule is C=CC(CCOCc1ccc(OC)cc1)[C@H]1C[C@@H](O[Si](c2ccccc2)(c2ccccc2)C(C)(C)C)CN1C(=O)OC(C)(C)C. The second kappa shape index (κ2) is 14.8. The van der Waals surface area contributed by atoms with Gasteiger partial charge in [-0.1, -0.05) is 99.6 Å². The van der Waals surface area contributed by atoms with Crippen LogP contribution in [0.4, 0.5) is 4.79 Å². The third kappa shape index (κ3) is 8.46. The van der Waals surface area contributed by atoms with Crippen LogP contribution in [0, 0.1) is 5.92 Å². The van der Waals surface area contributed by atoms with Crippen LogP contribution in [-0.4, -0.2) is 57.3 Å². The van der Waals surface area contributed by atoms with Crippen LogP contribution < -0.4 is 15.1 Å². The van der Waals surface area contributed by atoms with Crippen LogP contribution >= 0.6 is 0 Å². The molecule has 1 heterocycles. The van der Waals surface area contributed by atoms with E-state index >= 15 is 0 Å². The highest BCUT2D eigenvalue weighted by Crippen LogP contribution is 2.40. The lowest BCUT2D eigenvalue weighted by molar-refractivity contribution is 0.0163. The molecule has 6 nitrogen and oxygen atoms in total. The van der Waals surface area contributed by atoms with Gasteiger partial charge < -0.3 is 23.5 Å². The van der Waals surface area contributed by atoms with E-state index in [1.807, 2.05) is 56.0 Å². The summed E-state index contributed by atoms with van der Waals surface area (Å²) in [5, 5.41) is 2.28. The maximum absolute atomic E-state index is 13.7. The first-order chi connectivity index (χ1) is 21.4. The Morgan fingerprint density at radius 1 is 0.933 bits per heavy atom. The number of nitrogens with zero attached hydrogens (tertiary/aromatic N) is 1. The molecule has 1 unspecified atom stereocenters. The number of hydrogen-bond donors (Lipinski definition) is 0. The van der Waals surface area contributed by atoms with E-state index in [9.17, 15) is 4.79 Å². The van der Waals surface area contributed by atoms with Gasteiger partial charge in [-0.25, -0.2) is 4.79 Å². The van der Waals surface area contributed by atoms with Gasteiger partial charge >= 0.3 is 6.09 Å². The van der Waals surface area contributed by atoms with Gasteiger partial charge in [0.2, 0.25) is 0 Å². The summed E-state index contributed by atoms with van der Waals surface area (Å²) in [5.41, 5.74) is 0.477. The van der Waals surface area contributed by atoms with Crippen LogP contribution in [0.1, 0.15) is 59.9 Å². The van der Waals surface area contributed by atoms with Crippen molar-refractivity contribution in [3.8, 4) is 5.75 Å². The third-order valence-electron chi connectivity index (χ3n) is 8.51. The molecule has 4 rings (SSSR count). The first-order valence-corrected chi connectivity index (χ1v) is 17.9. The number of methoxy groups -OCH3 is 1. The molecule has 0 N–H and O–H groups in total. The van der Waals surface area contributed by atoms with Crippen LogP contribution in [-0.2, 0) is 20.5 Å². The van der Waals surface area contributed by atoms with E-state index in [1.165, 1.54) is 10.4 Å². The Hall–Kier alpha value is -3.39. The summed E-state index contributed by atoms with van der Waals surface area (Å²) in [7, 11) is -1.15. The van der Waals surface area contributed by atoms with E-state index in [4.69, 9.17) is 18.6 Å². The molecule has 3 aromatic rings. The Bertz CT molecular complexity index is 1330. The van der Waals surface area contributed by atoms with E-state index in [0.29, 0.717) is 26.2 Å². The molecule has 1 saturated heterocycles. The van der Waals surface area contributed by atoms with Crippen molar-refractivity contribution in [3.63, 3.8) is 0 Å². The number of hydrogen-bond acceptors (Lipinski definition) is 5. The van der Waals surface area contributed by atoms with Crippen molar-refractivity contribution < 1.29 is 23.4 Å². The molecule has 1 fully saturated rings. The predicted molar refractivity (Wildman–Crippen MR) is 185 cm³/mol. The van der Waals surface area contributed by atoms with E-state index in [0.717, 1.165) is 17.7 Å². The van der Waals surface area contributed by atoms with Gasteiger partial charge in [0.05, 0.1) is 19.8 Å². The van der Waals surface area contributed by atoms with Gasteiger partial charge in [0.1, 0.15) is 11.4 Å². The number of likely N-dealkylation sites (tertiary alicyclic amines) is 1. The zero-order valence-electron chi connectivity index (χ0n) is 28.1. The van der Waals surface area contributed by atoms with Crippen molar-refractivity contribution in [1.29, 1.82) is 0 Å². The summed E-state index contributed by atoms with van der Waals surface area (Å²) in [6, 6.07) is 29.1. The smallest absolute Gasteiger partial charge is 0.410 e. The fourth-order valence-corrected chi connectivity index (χ4v) is 11.1. The lowest BCUT2D eigenvalue weighted by Crippen LogP contribution is -2.67. The first kappa shape index (κ1) is 34.5. The first-order valence-electron chi connectivity index (χ1n) is 16.0. The highest BCUT2D eigenvalue weighted by molar-refractivity contribution is 6.99. The summed E-state index contributed by atoms with van der Waals surface area (Å²) in [6.45, 7) is 18.3. The zero-order chi connectivity index (χ0) is 32.7. The van der Waals surface area contributed by atoms with E-state index in [2.05, 4.69) is 88.0 Å². The molecular weight excluding hydrogens is 579 g/mol. The van der Waals surface area contributed by atoms with Gasteiger partial charge in [-0.2, -0.15) is 0 Å². The lowest BCUT2D eigenvalue weighted by Gasteiger charge is -2.44. The minimum absolute atomic E-state index is 0.0149. The monoisotopic (exact) mass is 629 g/mol. The lowest BCUT2D eigenvalue weighted by atomic mass is 9.94. The number of carbonyl (C=O) groups is 1. The van der Waals surface area contributed by atoms with Crippen LogP contribution in [0.3, 0.4) is 0 Å². The van der Waals surface area contributed by atoms with E-state index in [-0.39, 0.29) is 29.2 Å². The number of ether oxygens (including phenoxy) is 3. The van der Waals surface area contributed by atoms with Gasteiger partial charge in [-0.15, -0.1) is 6.58 Å². The van der Waals surface area contributed by atoms with Crippen molar-refractivity contribution in [2.75, 3.05) is 20.3 Å². The minimum Gasteiger partial charge on any atom is -0.497 e. The van der Waals surface area contributed by atoms with Crippen molar-refractivity contribution >= 4 is 24.8 Å². The second-order valence-corrected chi connectivity index (χ2v) is 18.2. The molecule has 45 heavy (non-hydrogen) atoms. The van der Waals surface area contributed by atoms with Crippen molar-refractivity contribution in [3.05, 3.63) is 103 Å².